The molecule has 0 saturated heterocycles. The third-order valence-corrected chi connectivity index (χ3v) is 3.94. The minimum atomic E-state index is -0.351. The van der Waals surface area contributed by atoms with Crippen LogP contribution in [0.3, 0.4) is 0 Å². The van der Waals surface area contributed by atoms with Gasteiger partial charge >= 0.3 is 0 Å². The minimum absolute atomic E-state index is 0.249. The molecule has 0 spiro atoms. The van der Waals surface area contributed by atoms with Crippen LogP contribution < -0.4 is 24.8 Å². The van der Waals surface area contributed by atoms with Gasteiger partial charge in [0.05, 0.1) is 19.8 Å². The van der Waals surface area contributed by atoms with Crippen LogP contribution in [0.4, 0.5) is 0 Å². The van der Waals surface area contributed by atoms with Gasteiger partial charge < -0.3 is 19.5 Å². The molecule has 2 aromatic rings. The van der Waals surface area contributed by atoms with Crippen molar-refractivity contribution in [2.24, 2.45) is 0 Å². The van der Waals surface area contributed by atoms with E-state index in [4.69, 9.17) is 26.4 Å². The van der Waals surface area contributed by atoms with E-state index in [9.17, 15) is 4.79 Å². The Morgan fingerprint density at radius 3 is 2.04 bits per heavy atom. The maximum atomic E-state index is 12.7. The van der Waals surface area contributed by atoms with Gasteiger partial charge in [-0.1, -0.05) is 30.3 Å². The number of carbonyl (C=O) groups excluding carboxylic acids is 1. The molecule has 0 aliphatic rings. The normalized spacial score (nSPS) is 10.1. The van der Waals surface area contributed by atoms with Gasteiger partial charge in [-0.15, -0.1) is 0 Å². The highest BCUT2D eigenvalue weighted by atomic mass is 32.1. The molecule has 0 bridgehead atoms. The van der Waals surface area contributed by atoms with E-state index in [-0.39, 0.29) is 11.0 Å². The van der Waals surface area contributed by atoms with Crippen LogP contribution in [0.1, 0.15) is 36.7 Å². The van der Waals surface area contributed by atoms with Crippen molar-refractivity contribution in [2.45, 2.75) is 27.3 Å². The zero-order valence-corrected chi connectivity index (χ0v) is 17.2. The van der Waals surface area contributed by atoms with Gasteiger partial charge in [-0.05, 0) is 50.7 Å². The predicted octanol–water partition coefficient (Wildman–Crippen LogP) is 3.69. The van der Waals surface area contributed by atoms with Crippen LogP contribution in [0.2, 0.25) is 0 Å². The van der Waals surface area contributed by atoms with Crippen molar-refractivity contribution < 1.29 is 19.0 Å². The Kier molecular flexibility index (Phi) is 8.55. The maximum Gasteiger partial charge on any atom is 0.257 e. The molecule has 0 heterocycles. The van der Waals surface area contributed by atoms with E-state index >= 15 is 0 Å². The number of hydrogen-bond donors (Lipinski definition) is 2. The molecular formula is C21H26N2O4S. The summed E-state index contributed by atoms with van der Waals surface area (Å²) in [5, 5.41) is 5.96. The summed E-state index contributed by atoms with van der Waals surface area (Å²) in [4.78, 5) is 12.7. The number of carbonyl (C=O) groups is 1. The molecule has 6 nitrogen and oxygen atoms in total. The SMILES string of the molecule is CCOc1cc(C(=O)NC(=S)NCc2ccccc2)cc(OCC)c1OCC. The highest BCUT2D eigenvalue weighted by Gasteiger charge is 2.18. The highest BCUT2D eigenvalue weighted by molar-refractivity contribution is 7.80. The molecule has 0 radical (unpaired) electrons. The molecular weight excluding hydrogens is 376 g/mol. The Bertz CT molecular complexity index is 769. The molecule has 2 aromatic carbocycles. The smallest absolute Gasteiger partial charge is 0.257 e. The molecule has 28 heavy (non-hydrogen) atoms. The van der Waals surface area contributed by atoms with Crippen molar-refractivity contribution in [1.82, 2.24) is 10.6 Å². The molecule has 0 saturated carbocycles. The van der Waals surface area contributed by atoms with Gasteiger partial charge in [0.2, 0.25) is 5.75 Å². The van der Waals surface area contributed by atoms with Crippen LogP contribution >= 0.6 is 12.2 Å². The van der Waals surface area contributed by atoms with Crippen LogP contribution in [0.15, 0.2) is 42.5 Å². The standard InChI is InChI=1S/C21H26N2O4S/c1-4-25-17-12-16(13-18(26-5-2)19(17)27-6-3)20(24)23-21(28)22-14-15-10-8-7-9-11-15/h7-13H,4-6,14H2,1-3H3,(H2,22,23,24,28). The zero-order valence-electron chi connectivity index (χ0n) is 16.4. The van der Waals surface area contributed by atoms with Crippen molar-refractivity contribution in [2.75, 3.05) is 19.8 Å². The van der Waals surface area contributed by atoms with Crippen LogP contribution in [-0.2, 0) is 6.54 Å². The second kappa shape index (κ2) is 11.1. The monoisotopic (exact) mass is 402 g/mol. The summed E-state index contributed by atoms with van der Waals surface area (Å²) in [5.41, 5.74) is 1.44. The first-order valence-corrected chi connectivity index (χ1v) is 9.69. The zero-order chi connectivity index (χ0) is 20.4. The van der Waals surface area contributed by atoms with E-state index < -0.39 is 0 Å². The Hall–Kier alpha value is -2.80. The van der Waals surface area contributed by atoms with Crippen LogP contribution in [0.25, 0.3) is 0 Å². The average molecular weight is 403 g/mol. The lowest BCUT2D eigenvalue weighted by Gasteiger charge is -2.17. The summed E-state index contributed by atoms with van der Waals surface area (Å²) in [6.07, 6.45) is 0. The molecule has 0 fully saturated rings. The first-order valence-electron chi connectivity index (χ1n) is 9.28. The van der Waals surface area contributed by atoms with Crippen molar-refractivity contribution in [3.05, 3.63) is 53.6 Å². The van der Waals surface area contributed by atoms with Crippen LogP contribution in [-0.4, -0.2) is 30.8 Å². The highest BCUT2D eigenvalue weighted by Crippen LogP contribution is 2.39. The van der Waals surface area contributed by atoms with Crippen molar-refractivity contribution >= 4 is 23.2 Å². The van der Waals surface area contributed by atoms with Crippen molar-refractivity contribution in [3.8, 4) is 17.2 Å². The molecule has 7 heteroatoms. The lowest BCUT2D eigenvalue weighted by Crippen LogP contribution is -2.38. The number of nitrogens with one attached hydrogen (secondary N) is 2. The summed E-state index contributed by atoms with van der Waals surface area (Å²) in [7, 11) is 0. The van der Waals surface area contributed by atoms with Gasteiger partial charge in [0, 0.05) is 12.1 Å². The summed E-state index contributed by atoms with van der Waals surface area (Å²) < 4.78 is 16.9. The number of ether oxygens (including phenoxy) is 3. The molecule has 0 unspecified atom stereocenters. The fourth-order valence-corrected chi connectivity index (χ4v) is 2.68. The molecule has 0 aromatic heterocycles. The van der Waals surface area contributed by atoms with E-state index in [1.807, 2.05) is 51.1 Å². The minimum Gasteiger partial charge on any atom is -0.490 e. The molecule has 0 atom stereocenters. The second-order valence-corrected chi connectivity index (χ2v) is 6.13. The number of amides is 1. The second-order valence-electron chi connectivity index (χ2n) is 5.72. The third kappa shape index (κ3) is 6.13. The van der Waals surface area contributed by atoms with E-state index in [0.717, 1.165) is 5.56 Å². The lowest BCUT2D eigenvalue weighted by molar-refractivity contribution is 0.0975. The van der Waals surface area contributed by atoms with Gasteiger partial charge in [0.25, 0.3) is 5.91 Å². The lowest BCUT2D eigenvalue weighted by atomic mass is 10.1. The maximum absolute atomic E-state index is 12.7. The predicted molar refractivity (Wildman–Crippen MR) is 113 cm³/mol. The largest absolute Gasteiger partial charge is 0.490 e. The van der Waals surface area contributed by atoms with Crippen molar-refractivity contribution in [3.63, 3.8) is 0 Å². The quantitative estimate of drug-likeness (QED) is 0.624. The number of thiocarbonyl (C=S) groups is 1. The van der Waals surface area contributed by atoms with Gasteiger partial charge in [-0.25, -0.2) is 0 Å². The molecule has 2 rings (SSSR count). The first-order chi connectivity index (χ1) is 13.6. The Morgan fingerprint density at radius 2 is 1.50 bits per heavy atom. The van der Waals surface area contributed by atoms with E-state index in [1.165, 1.54) is 0 Å². The third-order valence-electron chi connectivity index (χ3n) is 3.69. The van der Waals surface area contributed by atoms with Crippen molar-refractivity contribution in [1.29, 1.82) is 0 Å². The number of rotatable bonds is 9. The summed E-state index contributed by atoms with van der Waals surface area (Å²) in [5.74, 6) is 1.07. The summed E-state index contributed by atoms with van der Waals surface area (Å²) >= 11 is 5.23. The van der Waals surface area contributed by atoms with Gasteiger partial charge in [-0.3, -0.25) is 10.1 Å². The fraction of sp³-hybridized carbons (Fsp3) is 0.333. The summed E-state index contributed by atoms with van der Waals surface area (Å²) in [6.45, 7) is 7.47. The first kappa shape index (κ1) is 21.5. The van der Waals surface area contributed by atoms with Gasteiger partial charge in [0.1, 0.15) is 0 Å². The Balaban J connectivity index is 2.13. The van der Waals surface area contributed by atoms with Gasteiger partial charge in [-0.2, -0.15) is 0 Å². The summed E-state index contributed by atoms with van der Waals surface area (Å²) in [6, 6.07) is 13.1. The van der Waals surface area contributed by atoms with Gasteiger partial charge in [0.15, 0.2) is 16.6 Å². The molecule has 1 amide bonds. The van der Waals surface area contributed by atoms with Crippen LogP contribution in [0.5, 0.6) is 17.2 Å². The topological polar surface area (TPSA) is 68.8 Å². The van der Waals surface area contributed by atoms with Crippen LogP contribution in [0, 0.1) is 0 Å². The fourth-order valence-electron chi connectivity index (χ4n) is 2.52. The molecule has 0 aliphatic heterocycles. The van der Waals surface area contributed by atoms with E-state index in [0.29, 0.717) is 49.2 Å². The average Bonchev–Trinajstić information content (AvgIpc) is 2.69. The molecule has 0 aliphatic carbocycles. The molecule has 2 N–H and O–H groups in total. The number of benzene rings is 2. The Labute approximate surface area is 171 Å². The number of hydrogen-bond acceptors (Lipinski definition) is 5. The molecule has 150 valence electrons. The van der Waals surface area contributed by atoms with E-state index in [2.05, 4.69) is 10.6 Å². The Morgan fingerprint density at radius 1 is 0.929 bits per heavy atom. The van der Waals surface area contributed by atoms with E-state index in [1.54, 1.807) is 12.1 Å².